The molecule has 1 aliphatic rings. The fraction of sp³-hybridized carbons (Fsp3) is 0.688. The second-order valence-corrected chi connectivity index (χ2v) is 6.15. The van der Waals surface area contributed by atoms with Crippen molar-refractivity contribution >= 4 is 6.01 Å². The molecule has 2 aromatic rings. The number of hydrogen-bond acceptors (Lipinski definition) is 5. The van der Waals surface area contributed by atoms with Gasteiger partial charge in [-0.1, -0.05) is 31.3 Å². The molecule has 0 aromatic carbocycles. The van der Waals surface area contributed by atoms with Crippen molar-refractivity contribution in [2.75, 3.05) is 5.32 Å². The smallest absolute Gasteiger partial charge is 0.315 e. The molecule has 120 valence electrons. The molecule has 6 nitrogen and oxygen atoms in total. The minimum atomic E-state index is 0.502. The van der Waals surface area contributed by atoms with Gasteiger partial charge in [0.15, 0.2) is 0 Å². The standard InChI is InChI=1S/C16H25N5O/c1-3-7-14-18-19-16(22-14)17-10-13-11-21(2)20-15(13)12-8-5-4-6-9-12/h11-12H,3-10H2,1-2H3,(H,17,19). The topological polar surface area (TPSA) is 68.8 Å². The summed E-state index contributed by atoms with van der Waals surface area (Å²) in [6.45, 7) is 2.79. The summed E-state index contributed by atoms with van der Waals surface area (Å²) in [5.74, 6) is 1.30. The van der Waals surface area contributed by atoms with Crippen LogP contribution in [0.25, 0.3) is 0 Å². The minimum absolute atomic E-state index is 0.502. The summed E-state index contributed by atoms with van der Waals surface area (Å²) in [5, 5.41) is 16.0. The number of hydrogen-bond donors (Lipinski definition) is 1. The van der Waals surface area contributed by atoms with Crippen LogP contribution < -0.4 is 5.32 Å². The van der Waals surface area contributed by atoms with Crippen molar-refractivity contribution in [3.8, 4) is 0 Å². The number of rotatable bonds is 6. The summed E-state index contributed by atoms with van der Waals surface area (Å²) in [6, 6.07) is 0.502. The average Bonchev–Trinajstić information content (AvgIpc) is 3.13. The first kappa shape index (κ1) is 15.1. The van der Waals surface area contributed by atoms with Crippen LogP contribution in [-0.2, 0) is 20.0 Å². The van der Waals surface area contributed by atoms with Crippen LogP contribution in [0.5, 0.6) is 0 Å². The molecule has 0 atom stereocenters. The second-order valence-electron chi connectivity index (χ2n) is 6.15. The fourth-order valence-electron chi connectivity index (χ4n) is 3.22. The fourth-order valence-corrected chi connectivity index (χ4v) is 3.22. The van der Waals surface area contributed by atoms with E-state index in [1.54, 1.807) is 0 Å². The third-order valence-corrected chi connectivity index (χ3v) is 4.29. The Balaban J connectivity index is 1.66. The predicted molar refractivity (Wildman–Crippen MR) is 84.7 cm³/mol. The summed E-state index contributed by atoms with van der Waals surface area (Å²) in [5.41, 5.74) is 2.48. The zero-order valence-corrected chi connectivity index (χ0v) is 13.5. The first-order valence-electron chi connectivity index (χ1n) is 8.35. The summed E-state index contributed by atoms with van der Waals surface area (Å²) < 4.78 is 7.49. The third kappa shape index (κ3) is 3.48. The van der Waals surface area contributed by atoms with Gasteiger partial charge in [0.2, 0.25) is 5.89 Å². The minimum Gasteiger partial charge on any atom is -0.408 e. The Morgan fingerprint density at radius 1 is 1.27 bits per heavy atom. The van der Waals surface area contributed by atoms with Crippen molar-refractivity contribution in [3.05, 3.63) is 23.3 Å². The molecule has 1 N–H and O–H groups in total. The molecule has 1 aliphatic carbocycles. The normalized spacial score (nSPS) is 16.1. The maximum atomic E-state index is 5.58. The molecule has 6 heteroatoms. The quantitative estimate of drug-likeness (QED) is 0.885. The van der Waals surface area contributed by atoms with Gasteiger partial charge in [-0.05, 0) is 19.3 Å². The van der Waals surface area contributed by atoms with Gasteiger partial charge in [0.25, 0.3) is 0 Å². The van der Waals surface area contributed by atoms with E-state index in [1.807, 2.05) is 11.7 Å². The molecular formula is C16H25N5O. The summed E-state index contributed by atoms with van der Waals surface area (Å²) in [7, 11) is 1.99. The molecule has 0 amide bonds. The molecule has 2 aromatic heterocycles. The zero-order chi connectivity index (χ0) is 15.4. The maximum absolute atomic E-state index is 5.58. The van der Waals surface area contributed by atoms with Gasteiger partial charge in [-0.25, -0.2) is 0 Å². The van der Waals surface area contributed by atoms with E-state index in [9.17, 15) is 0 Å². The largest absolute Gasteiger partial charge is 0.408 e. The Hall–Kier alpha value is -1.85. The van der Waals surface area contributed by atoms with Gasteiger partial charge >= 0.3 is 6.01 Å². The van der Waals surface area contributed by atoms with Crippen molar-refractivity contribution < 1.29 is 4.42 Å². The van der Waals surface area contributed by atoms with E-state index in [2.05, 4.69) is 28.6 Å². The highest BCUT2D eigenvalue weighted by molar-refractivity contribution is 5.27. The molecule has 0 aliphatic heterocycles. The van der Waals surface area contributed by atoms with E-state index >= 15 is 0 Å². The number of nitrogens with one attached hydrogen (secondary N) is 1. The van der Waals surface area contributed by atoms with Gasteiger partial charge in [0.1, 0.15) is 0 Å². The Labute approximate surface area is 131 Å². The maximum Gasteiger partial charge on any atom is 0.315 e. The summed E-state index contributed by atoms with van der Waals surface area (Å²) in [6.07, 6.45) is 10.4. The monoisotopic (exact) mass is 303 g/mol. The van der Waals surface area contributed by atoms with E-state index in [0.29, 0.717) is 24.4 Å². The van der Waals surface area contributed by atoms with Crippen LogP contribution in [0.1, 0.15) is 68.5 Å². The molecule has 1 fully saturated rings. The highest BCUT2D eigenvalue weighted by Crippen LogP contribution is 2.33. The van der Waals surface area contributed by atoms with Crippen molar-refractivity contribution in [1.82, 2.24) is 20.0 Å². The lowest BCUT2D eigenvalue weighted by Crippen LogP contribution is -2.09. The van der Waals surface area contributed by atoms with Crippen molar-refractivity contribution in [2.45, 2.75) is 64.3 Å². The predicted octanol–water partition coefficient (Wildman–Crippen LogP) is 3.42. The van der Waals surface area contributed by atoms with Crippen molar-refractivity contribution in [2.24, 2.45) is 7.05 Å². The summed E-state index contributed by atoms with van der Waals surface area (Å²) >= 11 is 0. The van der Waals surface area contributed by atoms with Crippen LogP contribution in [-0.4, -0.2) is 20.0 Å². The van der Waals surface area contributed by atoms with Gasteiger partial charge < -0.3 is 9.73 Å². The van der Waals surface area contributed by atoms with Gasteiger partial charge in [-0.3, -0.25) is 4.68 Å². The SMILES string of the molecule is CCCc1nnc(NCc2cn(C)nc2C2CCCCC2)o1. The van der Waals surface area contributed by atoms with Crippen LogP contribution in [0.3, 0.4) is 0 Å². The molecular weight excluding hydrogens is 278 g/mol. The molecule has 0 saturated heterocycles. The van der Waals surface area contributed by atoms with E-state index in [4.69, 9.17) is 9.52 Å². The van der Waals surface area contributed by atoms with E-state index in [1.165, 1.54) is 43.4 Å². The first-order valence-corrected chi connectivity index (χ1v) is 8.35. The first-order chi connectivity index (χ1) is 10.8. The lowest BCUT2D eigenvalue weighted by Gasteiger charge is -2.20. The van der Waals surface area contributed by atoms with Gasteiger partial charge in [-0.2, -0.15) is 5.10 Å². The number of aromatic nitrogens is 4. The van der Waals surface area contributed by atoms with E-state index < -0.39 is 0 Å². The lowest BCUT2D eigenvalue weighted by molar-refractivity contribution is 0.432. The highest BCUT2D eigenvalue weighted by atomic mass is 16.4. The summed E-state index contributed by atoms with van der Waals surface area (Å²) in [4.78, 5) is 0. The van der Waals surface area contributed by atoms with E-state index in [0.717, 1.165) is 12.8 Å². The zero-order valence-electron chi connectivity index (χ0n) is 13.5. The van der Waals surface area contributed by atoms with Crippen LogP contribution >= 0.6 is 0 Å². The van der Waals surface area contributed by atoms with Gasteiger partial charge in [0.05, 0.1) is 5.69 Å². The van der Waals surface area contributed by atoms with Crippen LogP contribution in [0.4, 0.5) is 6.01 Å². The number of anilines is 1. The lowest BCUT2D eigenvalue weighted by atomic mass is 9.85. The highest BCUT2D eigenvalue weighted by Gasteiger charge is 2.21. The molecule has 0 unspecified atom stereocenters. The number of nitrogens with zero attached hydrogens (tertiary/aromatic N) is 4. The molecule has 1 saturated carbocycles. The Morgan fingerprint density at radius 3 is 2.86 bits per heavy atom. The van der Waals surface area contributed by atoms with Crippen molar-refractivity contribution in [1.29, 1.82) is 0 Å². The van der Waals surface area contributed by atoms with Crippen LogP contribution in [0.15, 0.2) is 10.6 Å². The molecule has 22 heavy (non-hydrogen) atoms. The molecule has 3 rings (SSSR count). The van der Waals surface area contributed by atoms with Crippen molar-refractivity contribution in [3.63, 3.8) is 0 Å². The number of aryl methyl sites for hydroxylation is 2. The van der Waals surface area contributed by atoms with Crippen LogP contribution in [0, 0.1) is 0 Å². The van der Waals surface area contributed by atoms with Gasteiger partial charge in [-0.15, -0.1) is 5.10 Å². The Bertz CT molecular complexity index is 597. The third-order valence-electron chi connectivity index (χ3n) is 4.29. The Morgan fingerprint density at radius 2 is 2.09 bits per heavy atom. The second kappa shape index (κ2) is 6.94. The molecule has 0 radical (unpaired) electrons. The average molecular weight is 303 g/mol. The van der Waals surface area contributed by atoms with Gasteiger partial charge in [0, 0.05) is 37.7 Å². The Kier molecular flexibility index (Phi) is 4.75. The molecule has 2 heterocycles. The van der Waals surface area contributed by atoms with Crippen LogP contribution in [0.2, 0.25) is 0 Å². The molecule has 0 spiro atoms. The molecule has 0 bridgehead atoms. The van der Waals surface area contributed by atoms with E-state index in [-0.39, 0.29) is 0 Å².